The minimum Gasteiger partial charge on any atom is -0.325 e. The minimum atomic E-state index is -0.189. The fourth-order valence-electron chi connectivity index (χ4n) is 2.22. The van der Waals surface area contributed by atoms with Crippen LogP contribution in [0.25, 0.3) is 0 Å². The first-order valence-corrected chi connectivity index (χ1v) is 9.32. The van der Waals surface area contributed by atoms with E-state index in [9.17, 15) is 4.79 Å². The summed E-state index contributed by atoms with van der Waals surface area (Å²) in [6, 6.07) is 16.0. The normalized spacial score (nSPS) is 14.6. The van der Waals surface area contributed by atoms with E-state index in [1.165, 1.54) is 17.3 Å². The van der Waals surface area contributed by atoms with Crippen molar-refractivity contribution in [2.24, 2.45) is 4.99 Å². The highest BCUT2D eigenvalue weighted by Crippen LogP contribution is 2.36. The lowest BCUT2D eigenvalue weighted by Gasteiger charge is -2.17. The van der Waals surface area contributed by atoms with Gasteiger partial charge in [0.1, 0.15) is 4.38 Å². The molecule has 2 aromatic carbocycles. The number of hydrogen-bond acceptors (Lipinski definition) is 4. The molecule has 0 bridgehead atoms. The van der Waals surface area contributed by atoms with Crippen molar-refractivity contribution in [2.75, 3.05) is 5.32 Å². The Morgan fingerprint density at radius 3 is 2.78 bits per heavy atom. The first-order chi connectivity index (χ1) is 11.1. The molecule has 0 fully saturated rings. The van der Waals surface area contributed by atoms with Gasteiger partial charge in [0.15, 0.2) is 0 Å². The van der Waals surface area contributed by atoms with Crippen LogP contribution in [0, 0.1) is 6.92 Å². The number of fused-ring (bicyclic) bond motifs is 1. The van der Waals surface area contributed by atoms with Gasteiger partial charge in [-0.25, -0.2) is 4.99 Å². The number of carbonyl (C=O) groups excluding carboxylic acids is 1. The second-order valence-corrected chi connectivity index (χ2v) is 7.91. The summed E-state index contributed by atoms with van der Waals surface area (Å²) in [6.07, 6.45) is 0. The van der Waals surface area contributed by atoms with Gasteiger partial charge in [-0.3, -0.25) is 4.79 Å². The average molecular weight is 342 g/mol. The van der Waals surface area contributed by atoms with E-state index in [0.29, 0.717) is 0 Å². The molecule has 3 nitrogen and oxygen atoms in total. The van der Waals surface area contributed by atoms with Crippen LogP contribution in [0.15, 0.2) is 53.5 Å². The van der Waals surface area contributed by atoms with E-state index in [1.807, 2.05) is 56.3 Å². The van der Waals surface area contributed by atoms with Gasteiger partial charge in [0.25, 0.3) is 0 Å². The highest BCUT2D eigenvalue weighted by atomic mass is 32.2. The third-order valence-electron chi connectivity index (χ3n) is 3.60. The van der Waals surface area contributed by atoms with Gasteiger partial charge in [-0.15, -0.1) is 0 Å². The number of aliphatic imine (C=N–C) groups is 1. The number of benzene rings is 2. The van der Waals surface area contributed by atoms with Crippen molar-refractivity contribution < 1.29 is 4.79 Å². The predicted octanol–water partition coefficient (Wildman–Crippen LogP) is 4.99. The van der Waals surface area contributed by atoms with Crippen LogP contribution in [-0.4, -0.2) is 15.5 Å². The van der Waals surface area contributed by atoms with E-state index in [-0.39, 0.29) is 11.2 Å². The lowest BCUT2D eigenvalue weighted by Crippen LogP contribution is -2.24. The summed E-state index contributed by atoms with van der Waals surface area (Å²) < 4.78 is 0.955. The van der Waals surface area contributed by atoms with E-state index < -0.39 is 0 Å². The van der Waals surface area contributed by atoms with E-state index in [1.54, 1.807) is 11.8 Å². The number of amides is 1. The predicted molar refractivity (Wildman–Crippen MR) is 102 cm³/mol. The Morgan fingerprint density at radius 1 is 1.22 bits per heavy atom. The molecular weight excluding hydrogens is 324 g/mol. The summed E-state index contributed by atoms with van der Waals surface area (Å²) in [7, 11) is 0. The molecule has 5 heteroatoms. The molecular formula is C18H18N2OS2. The highest BCUT2D eigenvalue weighted by molar-refractivity contribution is 8.39. The van der Waals surface area contributed by atoms with Crippen LogP contribution >= 0.6 is 23.5 Å². The van der Waals surface area contributed by atoms with Crippen LogP contribution in [0.1, 0.15) is 18.1 Å². The molecule has 0 aliphatic carbocycles. The van der Waals surface area contributed by atoms with Crippen molar-refractivity contribution in [1.29, 1.82) is 0 Å². The number of hydrogen-bond donors (Lipinski definition) is 1. The second kappa shape index (κ2) is 7.23. The smallest absolute Gasteiger partial charge is 0.237 e. The van der Waals surface area contributed by atoms with E-state index in [2.05, 4.69) is 16.4 Å². The summed E-state index contributed by atoms with van der Waals surface area (Å²) >= 11 is 3.21. The summed E-state index contributed by atoms with van der Waals surface area (Å²) in [6.45, 7) is 3.91. The Hall–Kier alpha value is -1.72. The lowest BCUT2D eigenvalue weighted by atomic mass is 10.2. The van der Waals surface area contributed by atoms with E-state index in [4.69, 9.17) is 0 Å². The molecule has 3 rings (SSSR count). The number of rotatable bonds is 3. The topological polar surface area (TPSA) is 41.5 Å². The van der Waals surface area contributed by atoms with Crippen molar-refractivity contribution in [2.45, 2.75) is 24.9 Å². The van der Waals surface area contributed by atoms with Crippen molar-refractivity contribution in [3.8, 4) is 0 Å². The Kier molecular flexibility index (Phi) is 5.08. The van der Waals surface area contributed by atoms with Gasteiger partial charge in [-0.1, -0.05) is 59.9 Å². The fraction of sp³-hybridized carbons (Fsp3) is 0.222. The molecule has 0 radical (unpaired) electrons. The molecule has 1 N–H and O–H groups in total. The molecule has 23 heavy (non-hydrogen) atoms. The van der Waals surface area contributed by atoms with Gasteiger partial charge in [0.05, 0.1) is 10.9 Å². The maximum absolute atomic E-state index is 12.4. The number of nitrogens with zero attached hydrogens (tertiary/aromatic N) is 1. The van der Waals surface area contributed by atoms with Crippen LogP contribution in [-0.2, 0) is 10.5 Å². The molecule has 118 valence electrons. The molecule has 0 saturated carbocycles. The number of anilines is 1. The maximum Gasteiger partial charge on any atom is 0.237 e. The second-order valence-electron chi connectivity index (χ2n) is 5.36. The number of nitrogens with one attached hydrogen (secondary N) is 1. The zero-order valence-corrected chi connectivity index (χ0v) is 14.7. The van der Waals surface area contributed by atoms with Crippen molar-refractivity contribution in [1.82, 2.24) is 0 Å². The number of para-hydroxylation sites is 2. The standard InChI is InChI=1S/C18H18N2OS2/c1-12-7-3-5-9-15(12)19-17(21)13(2)23-18-20-16-10-6-4-8-14(16)11-22-18/h3-10,13H,11H2,1-2H3,(H,19,21). The third-order valence-corrected chi connectivity index (χ3v) is 5.90. The van der Waals surface area contributed by atoms with Gasteiger partial charge in [-0.05, 0) is 37.1 Å². The monoisotopic (exact) mass is 342 g/mol. The van der Waals surface area contributed by atoms with Crippen molar-refractivity contribution in [3.05, 3.63) is 59.7 Å². The Balaban J connectivity index is 1.65. The lowest BCUT2D eigenvalue weighted by molar-refractivity contribution is -0.115. The van der Waals surface area contributed by atoms with Gasteiger partial charge in [0, 0.05) is 11.4 Å². The Morgan fingerprint density at radius 2 is 1.96 bits per heavy atom. The van der Waals surface area contributed by atoms with Gasteiger partial charge in [0.2, 0.25) is 5.91 Å². The van der Waals surface area contributed by atoms with E-state index >= 15 is 0 Å². The molecule has 2 aromatic rings. The van der Waals surface area contributed by atoms with Crippen LogP contribution < -0.4 is 5.32 Å². The zero-order valence-electron chi connectivity index (χ0n) is 13.1. The molecule has 0 aromatic heterocycles. The van der Waals surface area contributed by atoms with Crippen LogP contribution in [0.3, 0.4) is 0 Å². The van der Waals surface area contributed by atoms with Crippen LogP contribution in [0.4, 0.5) is 11.4 Å². The van der Waals surface area contributed by atoms with Gasteiger partial charge >= 0.3 is 0 Å². The van der Waals surface area contributed by atoms with Gasteiger partial charge < -0.3 is 5.32 Å². The molecule has 1 heterocycles. The van der Waals surface area contributed by atoms with Crippen LogP contribution in [0.5, 0.6) is 0 Å². The molecule has 1 unspecified atom stereocenters. The molecule has 1 aliphatic rings. The van der Waals surface area contributed by atoms with E-state index in [0.717, 1.165) is 27.1 Å². The summed E-state index contributed by atoms with van der Waals surface area (Å²) in [5.41, 5.74) is 4.20. The van der Waals surface area contributed by atoms with Crippen LogP contribution in [0.2, 0.25) is 0 Å². The fourth-order valence-corrected chi connectivity index (χ4v) is 4.41. The average Bonchev–Trinajstić information content (AvgIpc) is 2.56. The SMILES string of the molecule is Cc1ccccc1NC(=O)C(C)SC1=Nc2ccccc2CS1. The number of aryl methyl sites for hydroxylation is 1. The third kappa shape index (κ3) is 3.98. The summed E-state index contributed by atoms with van der Waals surface area (Å²) in [5, 5.41) is 2.81. The van der Waals surface area contributed by atoms with Gasteiger partial charge in [-0.2, -0.15) is 0 Å². The molecule has 1 atom stereocenters. The highest BCUT2D eigenvalue weighted by Gasteiger charge is 2.20. The largest absolute Gasteiger partial charge is 0.325 e. The molecule has 0 saturated heterocycles. The maximum atomic E-state index is 12.4. The molecule has 1 amide bonds. The molecule has 0 spiro atoms. The first-order valence-electron chi connectivity index (χ1n) is 7.46. The molecule has 1 aliphatic heterocycles. The first kappa shape index (κ1) is 16.1. The quantitative estimate of drug-likeness (QED) is 0.854. The summed E-state index contributed by atoms with van der Waals surface area (Å²) in [4.78, 5) is 17.0. The number of thioether (sulfide) groups is 2. The zero-order chi connectivity index (χ0) is 16.2. The van der Waals surface area contributed by atoms with Crippen molar-refractivity contribution in [3.63, 3.8) is 0 Å². The number of carbonyl (C=O) groups is 1. The summed E-state index contributed by atoms with van der Waals surface area (Å²) in [5.74, 6) is 0.917. The Bertz CT molecular complexity index is 758. The minimum absolute atomic E-state index is 0.00598. The Labute approximate surface area is 145 Å². The van der Waals surface area contributed by atoms with Crippen molar-refractivity contribution >= 4 is 45.2 Å².